The highest BCUT2D eigenvalue weighted by Crippen LogP contribution is 2.24. The van der Waals surface area contributed by atoms with Gasteiger partial charge in [-0.05, 0) is 6.92 Å². The molecule has 0 saturated heterocycles. The zero-order chi connectivity index (χ0) is 12.7. The van der Waals surface area contributed by atoms with Crippen molar-refractivity contribution in [2.75, 3.05) is 11.1 Å². The van der Waals surface area contributed by atoms with E-state index in [1.165, 1.54) is 0 Å². The van der Waals surface area contributed by atoms with Gasteiger partial charge in [-0.1, -0.05) is 0 Å². The number of anilines is 3. The summed E-state index contributed by atoms with van der Waals surface area (Å²) in [6.07, 6.45) is 3.53. The second kappa shape index (κ2) is 3.69. The molecule has 3 aromatic rings. The van der Waals surface area contributed by atoms with Crippen LogP contribution in [0.15, 0.2) is 12.4 Å². The summed E-state index contributed by atoms with van der Waals surface area (Å²) in [6, 6.07) is 0. The second-order valence-corrected chi connectivity index (χ2v) is 3.99. The number of aromatic nitrogens is 6. The van der Waals surface area contributed by atoms with Crippen LogP contribution in [0.3, 0.4) is 0 Å². The predicted molar refractivity (Wildman–Crippen MR) is 67.3 cm³/mol. The first-order valence-electron chi connectivity index (χ1n) is 5.37. The van der Waals surface area contributed by atoms with Crippen LogP contribution in [0.1, 0.15) is 5.69 Å². The van der Waals surface area contributed by atoms with E-state index in [4.69, 9.17) is 5.73 Å². The highest BCUT2D eigenvalue weighted by Gasteiger charge is 2.10. The van der Waals surface area contributed by atoms with E-state index in [9.17, 15) is 0 Å². The molecule has 3 heterocycles. The van der Waals surface area contributed by atoms with Crippen LogP contribution < -0.4 is 11.1 Å². The largest absolute Gasteiger partial charge is 0.368 e. The number of rotatable bonds is 2. The maximum atomic E-state index is 5.65. The molecule has 0 amide bonds. The summed E-state index contributed by atoms with van der Waals surface area (Å²) in [5.41, 5.74) is 8.01. The summed E-state index contributed by atoms with van der Waals surface area (Å²) >= 11 is 0. The molecule has 8 heteroatoms. The van der Waals surface area contributed by atoms with Crippen LogP contribution in [0.4, 0.5) is 17.5 Å². The van der Waals surface area contributed by atoms with E-state index in [1.54, 1.807) is 10.9 Å². The third-order valence-corrected chi connectivity index (χ3v) is 2.59. The molecule has 0 radical (unpaired) electrons. The molecule has 0 aliphatic rings. The molecule has 18 heavy (non-hydrogen) atoms. The first-order valence-corrected chi connectivity index (χ1v) is 5.37. The van der Waals surface area contributed by atoms with Gasteiger partial charge in [0.25, 0.3) is 0 Å². The Kier molecular flexibility index (Phi) is 2.15. The number of nitrogens with two attached hydrogens (primary N) is 1. The number of nitrogens with zero attached hydrogens (tertiary/aromatic N) is 5. The number of fused-ring (bicyclic) bond motifs is 1. The van der Waals surface area contributed by atoms with E-state index < -0.39 is 0 Å². The number of hydrogen-bond acceptors (Lipinski definition) is 6. The van der Waals surface area contributed by atoms with E-state index >= 15 is 0 Å². The van der Waals surface area contributed by atoms with Crippen molar-refractivity contribution in [3.8, 4) is 0 Å². The molecule has 0 saturated carbocycles. The lowest BCUT2D eigenvalue weighted by atomic mass is 10.3. The highest BCUT2D eigenvalue weighted by molar-refractivity contribution is 5.88. The minimum atomic E-state index is 0.191. The topological polar surface area (TPSA) is 110 Å². The van der Waals surface area contributed by atoms with Crippen LogP contribution >= 0.6 is 0 Å². The van der Waals surface area contributed by atoms with Crippen molar-refractivity contribution in [2.24, 2.45) is 7.05 Å². The van der Waals surface area contributed by atoms with Gasteiger partial charge in [0.2, 0.25) is 5.95 Å². The van der Waals surface area contributed by atoms with E-state index in [2.05, 4.69) is 30.6 Å². The minimum Gasteiger partial charge on any atom is -0.368 e. The van der Waals surface area contributed by atoms with Crippen LogP contribution in [0, 0.1) is 6.92 Å². The fourth-order valence-electron chi connectivity index (χ4n) is 1.80. The number of nitrogen functional groups attached to an aromatic ring is 1. The van der Waals surface area contributed by atoms with Gasteiger partial charge in [-0.2, -0.15) is 20.2 Å². The summed E-state index contributed by atoms with van der Waals surface area (Å²) < 4.78 is 1.73. The number of H-pyrrole nitrogens is 1. The first-order chi connectivity index (χ1) is 8.63. The van der Waals surface area contributed by atoms with Gasteiger partial charge in [-0.25, -0.2) is 0 Å². The number of aromatic amines is 1. The molecular formula is C10H12N8. The smallest absolute Gasteiger partial charge is 0.224 e. The fourth-order valence-corrected chi connectivity index (χ4v) is 1.80. The van der Waals surface area contributed by atoms with Crippen LogP contribution in [-0.4, -0.2) is 29.9 Å². The lowest BCUT2D eigenvalue weighted by Gasteiger charge is -2.05. The molecule has 0 fully saturated rings. The Balaban J connectivity index is 2.09. The quantitative estimate of drug-likeness (QED) is 0.612. The van der Waals surface area contributed by atoms with Gasteiger partial charge in [0.1, 0.15) is 5.82 Å². The number of hydrogen-bond donors (Lipinski definition) is 3. The standard InChI is InChI=1S/C10H12N8/c1-5-7(4-18(2)17-5)13-8-6-3-12-16-9(6)15-10(11)14-8/h3-4H,1-2H3,(H4,11,12,13,14,15,16). The first kappa shape index (κ1) is 10.5. The Morgan fingerprint density at radius 3 is 2.94 bits per heavy atom. The van der Waals surface area contributed by atoms with Crippen molar-refractivity contribution in [2.45, 2.75) is 6.92 Å². The summed E-state index contributed by atoms with van der Waals surface area (Å²) in [5, 5.41) is 14.9. The maximum absolute atomic E-state index is 5.65. The Morgan fingerprint density at radius 2 is 2.22 bits per heavy atom. The van der Waals surface area contributed by atoms with Crippen molar-refractivity contribution >= 4 is 28.5 Å². The van der Waals surface area contributed by atoms with Gasteiger partial charge in [-0.15, -0.1) is 0 Å². The zero-order valence-corrected chi connectivity index (χ0v) is 9.97. The Bertz CT molecular complexity index is 710. The van der Waals surface area contributed by atoms with Crippen LogP contribution in [0.25, 0.3) is 11.0 Å². The molecule has 8 nitrogen and oxygen atoms in total. The average Bonchev–Trinajstić information content (AvgIpc) is 2.86. The maximum Gasteiger partial charge on any atom is 0.224 e. The van der Waals surface area contributed by atoms with Gasteiger partial charge < -0.3 is 11.1 Å². The molecule has 0 atom stereocenters. The van der Waals surface area contributed by atoms with E-state index in [0.29, 0.717) is 11.5 Å². The Hall–Kier alpha value is -2.64. The molecule has 0 spiro atoms. The third kappa shape index (κ3) is 1.63. The van der Waals surface area contributed by atoms with Crippen LogP contribution in [-0.2, 0) is 7.05 Å². The van der Waals surface area contributed by atoms with Gasteiger partial charge in [0, 0.05) is 13.2 Å². The van der Waals surface area contributed by atoms with Crippen molar-refractivity contribution in [1.82, 2.24) is 29.9 Å². The lowest BCUT2D eigenvalue weighted by Crippen LogP contribution is -2.01. The molecule has 3 aromatic heterocycles. The van der Waals surface area contributed by atoms with E-state index in [-0.39, 0.29) is 5.95 Å². The molecular weight excluding hydrogens is 232 g/mol. The Morgan fingerprint density at radius 1 is 1.39 bits per heavy atom. The number of aryl methyl sites for hydroxylation is 2. The SMILES string of the molecule is Cc1nn(C)cc1Nc1nc(N)nc2[nH]ncc12. The summed E-state index contributed by atoms with van der Waals surface area (Å²) in [7, 11) is 1.86. The van der Waals surface area contributed by atoms with Gasteiger partial charge in [0.05, 0.1) is 23.0 Å². The molecule has 0 bridgehead atoms. The third-order valence-electron chi connectivity index (χ3n) is 2.59. The van der Waals surface area contributed by atoms with Gasteiger partial charge >= 0.3 is 0 Å². The van der Waals surface area contributed by atoms with Gasteiger partial charge in [0.15, 0.2) is 5.65 Å². The van der Waals surface area contributed by atoms with E-state index in [0.717, 1.165) is 16.8 Å². The second-order valence-electron chi connectivity index (χ2n) is 3.99. The van der Waals surface area contributed by atoms with Crippen molar-refractivity contribution in [3.63, 3.8) is 0 Å². The van der Waals surface area contributed by atoms with Crippen molar-refractivity contribution in [3.05, 3.63) is 18.1 Å². The predicted octanol–water partition coefficient (Wildman–Crippen LogP) is 0.721. The monoisotopic (exact) mass is 244 g/mol. The molecule has 4 N–H and O–H groups in total. The normalized spacial score (nSPS) is 11.0. The molecule has 0 aromatic carbocycles. The van der Waals surface area contributed by atoms with Gasteiger partial charge in [-0.3, -0.25) is 9.78 Å². The van der Waals surface area contributed by atoms with Crippen LogP contribution in [0.5, 0.6) is 0 Å². The highest BCUT2D eigenvalue weighted by atomic mass is 15.3. The van der Waals surface area contributed by atoms with Crippen molar-refractivity contribution < 1.29 is 0 Å². The zero-order valence-electron chi connectivity index (χ0n) is 9.97. The molecule has 0 unspecified atom stereocenters. The van der Waals surface area contributed by atoms with E-state index in [1.807, 2.05) is 20.2 Å². The van der Waals surface area contributed by atoms with Crippen LogP contribution in [0.2, 0.25) is 0 Å². The number of nitrogens with one attached hydrogen (secondary N) is 2. The summed E-state index contributed by atoms with van der Waals surface area (Å²) in [6.45, 7) is 1.92. The molecule has 0 aliphatic heterocycles. The van der Waals surface area contributed by atoms with Crippen molar-refractivity contribution in [1.29, 1.82) is 0 Å². The molecule has 92 valence electrons. The average molecular weight is 244 g/mol. The summed E-state index contributed by atoms with van der Waals surface area (Å²) in [4.78, 5) is 8.23. The molecule has 3 rings (SSSR count). The minimum absolute atomic E-state index is 0.191. The summed E-state index contributed by atoms with van der Waals surface area (Å²) in [5.74, 6) is 0.804. The fraction of sp³-hybridized carbons (Fsp3) is 0.200. The lowest BCUT2D eigenvalue weighted by molar-refractivity contribution is 0.756. The Labute approximate surface area is 102 Å². The molecule has 0 aliphatic carbocycles.